The fraction of sp³-hybridized carbons (Fsp3) is 0.294. The Kier molecular flexibility index (Phi) is 4.06. The summed E-state index contributed by atoms with van der Waals surface area (Å²) in [5.74, 6) is 0.773. The Balaban J connectivity index is 1.98. The minimum atomic E-state index is -4.48. The summed E-state index contributed by atoms with van der Waals surface area (Å²) in [6, 6.07) is 6.21. The molecule has 26 heavy (non-hydrogen) atoms. The summed E-state index contributed by atoms with van der Waals surface area (Å²) in [7, 11) is 1.65. The molecule has 3 aromatic heterocycles. The minimum absolute atomic E-state index is 0.130. The Hall–Kier alpha value is -3.15. The molecule has 0 saturated heterocycles. The van der Waals surface area contributed by atoms with Crippen LogP contribution in [0.15, 0.2) is 30.6 Å². The molecule has 0 radical (unpaired) electrons. The fourth-order valence-electron chi connectivity index (χ4n) is 2.35. The van der Waals surface area contributed by atoms with Crippen LogP contribution in [0.1, 0.15) is 19.4 Å². The number of nitriles is 1. The predicted molar refractivity (Wildman–Crippen MR) is 87.1 cm³/mol. The van der Waals surface area contributed by atoms with Gasteiger partial charge in [-0.3, -0.25) is 0 Å². The van der Waals surface area contributed by atoms with Gasteiger partial charge in [-0.1, -0.05) is 0 Å². The quantitative estimate of drug-likeness (QED) is 0.710. The van der Waals surface area contributed by atoms with Crippen molar-refractivity contribution in [3.63, 3.8) is 0 Å². The number of ether oxygens (including phenoxy) is 1. The van der Waals surface area contributed by atoms with E-state index in [1.807, 2.05) is 6.07 Å². The highest BCUT2D eigenvalue weighted by atomic mass is 19.4. The molecule has 0 aliphatic carbocycles. The molecule has 0 bridgehead atoms. The third-order valence-corrected chi connectivity index (χ3v) is 3.64. The van der Waals surface area contributed by atoms with Crippen molar-refractivity contribution >= 4 is 11.2 Å². The Morgan fingerprint density at radius 3 is 2.46 bits per heavy atom. The zero-order valence-corrected chi connectivity index (χ0v) is 14.2. The van der Waals surface area contributed by atoms with Gasteiger partial charge in [0, 0.05) is 13.2 Å². The van der Waals surface area contributed by atoms with Gasteiger partial charge < -0.3 is 9.30 Å². The van der Waals surface area contributed by atoms with E-state index in [0.717, 1.165) is 12.3 Å². The van der Waals surface area contributed by atoms with Gasteiger partial charge in [-0.25, -0.2) is 15.0 Å². The summed E-state index contributed by atoms with van der Waals surface area (Å²) >= 11 is 0. The van der Waals surface area contributed by atoms with Crippen molar-refractivity contribution in [2.24, 2.45) is 7.05 Å². The second-order valence-corrected chi connectivity index (χ2v) is 6.16. The van der Waals surface area contributed by atoms with Crippen molar-refractivity contribution in [2.45, 2.75) is 25.6 Å². The average Bonchev–Trinajstić information content (AvgIpc) is 2.91. The lowest BCUT2D eigenvalue weighted by atomic mass is 10.2. The third kappa shape index (κ3) is 3.31. The van der Waals surface area contributed by atoms with Crippen LogP contribution >= 0.6 is 0 Å². The van der Waals surface area contributed by atoms with Gasteiger partial charge in [0.2, 0.25) is 0 Å². The van der Waals surface area contributed by atoms with Crippen LogP contribution in [0, 0.1) is 11.3 Å². The zero-order valence-electron chi connectivity index (χ0n) is 14.2. The molecule has 3 rings (SSSR count). The van der Waals surface area contributed by atoms with Gasteiger partial charge in [0.05, 0.1) is 11.8 Å². The van der Waals surface area contributed by atoms with Crippen molar-refractivity contribution in [1.82, 2.24) is 19.5 Å². The van der Waals surface area contributed by atoms with Crippen LogP contribution in [0.5, 0.6) is 5.75 Å². The number of nitrogens with zero attached hydrogens (tertiary/aromatic N) is 5. The van der Waals surface area contributed by atoms with Crippen LogP contribution in [-0.4, -0.2) is 25.1 Å². The van der Waals surface area contributed by atoms with E-state index in [1.54, 1.807) is 37.6 Å². The smallest absolute Gasteiger partial charge is 0.417 e. The van der Waals surface area contributed by atoms with Crippen LogP contribution in [0.3, 0.4) is 0 Å². The number of fused-ring (bicyclic) bond motifs is 1. The van der Waals surface area contributed by atoms with E-state index in [2.05, 4.69) is 15.0 Å². The fourth-order valence-corrected chi connectivity index (χ4v) is 2.35. The van der Waals surface area contributed by atoms with Crippen LogP contribution in [0.25, 0.3) is 22.7 Å². The van der Waals surface area contributed by atoms with Gasteiger partial charge in [-0.05, 0) is 32.0 Å². The molecule has 6 nitrogen and oxygen atoms in total. The zero-order chi connectivity index (χ0) is 19.1. The van der Waals surface area contributed by atoms with Crippen molar-refractivity contribution in [3.8, 4) is 23.3 Å². The van der Waals surface area contributed by atoms with Gasteiger partial charge in [-0.2, -0.15) is 18.4 Å². The average molecular weight is 361 g/mol. The van der Waals surface area contributed by atoms with E-state index in [1.165, 1.54) is 6.20 Å². The Morgan fingerprint density at radius 2 is 1.88 bits per heavy atom. The number of rotatable bonds is 3. The van der Waals surface area contributed by atoms with Gasteiger partial charge >= 0.3 is 6.18 Å². The SMILES string of the molecule is Cn1c(-c2ccc(OC(C)(C)C#N)cn2)nc2cc(C(F)(F)F)cnc21. The largest absolute Gasteiger partial charge is 0.471 e. The van der Waals surface area contributed by atoms with E-state index in [9.17, 15) is 13.2 Å². The van der Waals surface area contributed by atoms with Crippen molar-refractivity contribution in [2.75, 3.05) is 0 Å². The van der Waals surface area contributed by atoms with Crippen LogP contribution in [-0.2, 0) is 13.2 Å². The molecule has 0 aliphatic rings. The molecular weight excluding hydrogens is 347 g/mol. The highest BCUT2D eigenvalue weighted by molar-refractivity contribution is 5.76. The molecule has 0 aliphatic heterocycles. The first-order chi connectivity index (χ1) is 12.1. The van der Waals surface area contributed by atoms with Crippen molar-refractivity contribution in [3.05, 3.63) is 36.2 Å². The normalized spacial score (nSPS) is 12.2. The lowest BCUT2D eigenvalue weighted by Crippen LogP contribution is -2.25. The van der Waals surface area contributed by atoms with E-state index >= 15 is 0 Å². The second kappa shape index (κ2) is 5.98. The molecule has 134 valence electrons. The van der Waals surface area contributed by atoms with Gasteiger partial charge in [-0.15, -0.1) is 0 Å². The molecule has 0 N–H and O–H groups in total. The number of imidazole rings is 1. The first kappa shape index (κ1) is 17.7. The first-order valence-corrected chi connectivity index (χ1v) is 7.57. The number of pyridine rings is 2. The van der Waals surface area contributed by atoms with Crippen LogP contribution in [0.2, 0.25) is 0 Å². The minimum Gasteiger partial charge on any atom is -0.471 e. The Morgan fingerprint density at radius 1 is 1.15 bits per heavy atom. The van der Waals surface area contributed by atoms with E-state index in [4.69, 9.17) is 10.00 Å². The van der Waals surface area contributed by atoms with Crippen molar-refractivity contribution < 1.29 is 17.9 Å². The molecule has 9 heteroatoms. The summed E-state index contributed by atoms with van der Waals surface area (Å²) in [4.78, 5) is 12.3. The van der Waals surface area contributed by atoms with Gasteiger partial charge in [0.25, 0.3) is 0 Å². The Labute approximate surface area is 146 Å². The summed E-state index contributed by atoms with van der Waals surface area (Å²) in [5, 5.41) is 8.99. The maximum atomic E-state index is 12.8. The number of aromatic nitrogens is 4. The number of hydrogen-bond acceptors (Lipinski definition) is 5. The molecule has 0 fully saturated rings. The van der Waals surface area contributed by atoms with Crippen molar-refractivity contribution in [1.29, 1.82) is 5.26 Å². The summed E-state index contributed by atoms with van der Waals surface area (Å²) in [5.41, 5.74) is -0.962. The standard InChI is InChI=1S/C17H14F3N5O/c1-16(2,9-21)26-11-4-5-12(22-8-11)15-24-13-6-10(17(18,19)20)7-23-14(13)25(15)3/h4-8H,1-3H3. The molecular formula is C17H14F3N5O. The first-order valence-electron chi connectivity index (χ1n) is 7.57. The number of aryl methyl sites for hydroxylation is 1. The van der Waals surface area contributed by atoms with Crippen LogP contribution in [0.4, 0.5) is 13.2 Å². The summed E-state index contributed by atoms with van der Waals surface area (Å²) < 4.78 is 45.6. The second-order valence-electron chi connectivity index (χ2n) is 6.16. The summed E-state index contributed by atoms with van der Waals surface area (Å²) in [6.07, 6.45) is -2.27. The third-order valence-electron chi connectivity index (χ3n) is 3.64. The van der Waals surface area contributed by atoms with E-state index in [0.29, 0.717) is 22.9 Å². The molecule has 0 unspecified atom stereocenters. The maximum absolute atomic E-state index is 12.8. The molecule has 0 amide bonds. The lowest BCUT2D eigenvalue weighted by Gasteiger charge is -2.17. The Bertz CT molecular complexity index is 1000. The number of halogens is 3. The molecule has 0 saturated carbocycles. The topological polar surface area (TPSA) is 76.6 Å². The summed E-state index contributed by atoms with van der Waals surface area (Å²) in [6.45, 7) is 3.24. The highest BCUT2D eigenvalue weighted by Crippen LogP contribution is 2.31. The number of hydrogen-bond donors (Lipinski definition) is 0. The molecule has 0 atom stereocenters. The van der Waals surface area contributed by atoms with E-state index in [-0.39, 0.29) is 5.52 Å². The highest BCUT2D eigenvalue weighted by Gasteiger charge is 2.31. The lowest BCUT2D eigenvalue weighted by molar-refractivity contribution is -0.137. The monoisotopic (exact) mass is 361 g/mol. The molecule has 3 heterocycles. The van der Waals surface area contributed by atoms with Gasteiger partial charge in [0.15, 0.2) is 17.1 Å². The van der Waals surface area contributed by atoms with Crippen LogP contribution < -0.4 is 4.74 Å². The number of alkyl halides is 3. The molecule has 3 aromatic rings. The predicted octanol–water partition coefficient (Wildman–Crippen LogP) is 3.73. The molecule has 0 spiro atoms. The maximum Gasteiger partial charge on any atom is 0.417 e. The molecule has 0 aromatic carbocycles. The van der Waals surface area contributed by atoms with Gasteiger partial charge in [0.1, 0.15) is 23.0 Å². The van der Waals surface area contributed by atoms with E-state index < -0.39 is 17.3 Å².